The Morgan fingerprint density at radius 1 is 1.41 bits per heavy atom. The van der Waals surface area contributed by atoms with E-state index < -0.39 is 16.4 Å². The molecule has 0 bridgehead atoms. The third-order valence-corrected chi connectivity index (χ3v) is 4.70. The van der Waals surface area contributed by atoms with Gasteiger partial charge in [-0.2, -0.15) is 0 Å². The molecule has 2 atom stereocenters. The minimum Gasteiger partial charge on any atom is -0.444 e. The predicted octanol–water partition coefficient (Wildman–Crippen LogP) is 2.23. The fourth-order valence-corrected chi connectivity index (χ4v) is 3.59. The summed E-state index contributed by atoms with van der Waals surface area (Å²) in [5.41, 5.74) is -0.495. The summed E-state index contributed by atoms with van der Waals surface area (Å²) in [6.45, 7) is 6.84. The number of ether oxygens (including phenoxy) is 1. The van der Waals surface area contributed by atoms with Crippen LogP contribution in [0.5, 0.6) is 0 Å². The van der Waals surface area contributed by atoms with Crippen LogP contribution < -0.4 is 0 Å². The zero-order valence-electron chi connectivity index (χ0n) is 13.3. The topological polar surface area (TPSA) is 72.4 Å². The molecule has 6 nitrogen and oxygen atoms in total. The van der Waals surface area contributed by atoms with Gasteiger partial charge in [-0.25, -0.2) is 14.8 Å². The van der Waals surface area contributed by atoms with E-state index in [0.717, 1.165) is 12.8 Å². The van der Waals surface area contributed by atoms with E-state index in [1.807, 2.05) is 20.8 Å². The van der Waals surface area contributed by atoms with Gasteiger partial charge < -0.3 is 9.64 Å². The van der Waals surface area contributed by atoms with Gasteiger partial charge >= 0.3 is 6.09 Å². The maximum Gasteiger partial charge on any atom is 0.410 e. The molecule has 0 radical (unpaired) electrons. The van der Waals surface area contributed by atoms with Crippen LogP contribution in [0.4, 0.5) is 4.79 Å². The van der Waals surface area contributed by atoms with E-state index in [1.165, 1.54) is 0 Å². The van der Waals surface area contributed by atoms with Crippen LogP contribution in [0.15, 0.2) is 23.6 Å². The molecule has 0 spiro atoms. The average Bonchev–Trinajstić information content (AvgIpc) is 2.46. The summed E-state index contributed by atoms with van der Waals surface area (Å²) >= 11 is 0. The van der Waals surface area contributed by atoms with E-state index in [9.17, 15) is 9.00 Å². The van der Waals surface area contributed by atoms with Crippen LogP contribution in [-0.2, 0) is 15.5 Å². The van der Waals surface area contributed by atoms with Crippen LogP contribution in [0.3, 0.4) is 0 Å². The second kappa shape index (κ2) is 7.17. The number of carbonyl (C=O) groups excluding carboxylic acids is 1. The lowest BCUT2D eigenvalue weighted by atomic mass is 10.0. The lowest BCUT2D eigenvalue weighted by Crippen LogP contribution is -2.44. The van der Waals surface area contributed by atoms with Crippen molar-refractivity contribution in [2.45, 2.75) is 44.4 Å². The number of aromatic nitrogens is 2. The van der Waals surface area contributed by atoms with Crippen molar-refractivity contribution < 1.29 is 13.7 Å². The Bertz CT molecular complexity index is 531. The lowest BCUT2D eigenvalue weighted by molar-refractivity contribution is 0.0176. The van der Waals surface area contributed by atoms with Crippen LogP contribution in [-0.4, -0.2) is 49.6 Å². The van der Waals surface area contributed by atoms with Crippen LogP contribution >= 0.6 is 0 Å². The average molecular weight is 325 g/mol. The lowest BCUT2D eigenvalue weighted by Gasteiger charge is -2.33. The molecule has 0 aliphatic carbocycles. The number of rotatable bonds is 3. The molecule has 2 rings (SSSR count). The van der Waals surface area contributed by atoms with Gasteiger partial charge in [-0.15, -0.1) is 0 Å². The van der Waals surface area contributed by atoms with Crippen molar-refractivity contribution in [3.8, 4) is 0 Å². The molecule has 7 heteroatoms. The number of nitrogens with zero attached hydrogens (tertiary/aromatic N) is 3. The van der Waals surface area contributed by atoms with Crippen LogP contribution in [0.25, 0.3) is 0 Å². The molecule has 122 valence electrons. The Labute approximate surface area is 133 Å². The van der Waals surface area contributed by atoms with Crippen LogP contribution in [0, 0.1) is 5.92 Å². The molecule has 1 amide bonds. The molecule has 0 saturated carbocycles. The first-order valence-electron chi connectivity index (χ1n) is 7.48. The summed E-state index contributed by atoms with van der Waals surface area (Å²) in [5, 5.41) is 0.358. The minimum atomic E-state index is -1.23. The van der Waals surface area contributed by atoms with Gasteiger partial charge in [-0.05, 0) is 45.6 Å². The second-order valence-corrected chi connectivity index (χ2v) is 7.87. The summed E-state index contributed by atoms with van der Waals surface area (Å²) < 4.78 is 17.7. The van der Waals surface area contributed by atoms with Crippen molar-refractivity contribution in [3.05, 3.63) is 18.5 Å². The molecule has 0 unspecified atom stereocenters. The molecule has 1 aliphatic rings. The molecule has 22 heavy (non-hydrogen) atoms. The molecule has 0 aromatic carbocycles. The van der Waals surface area contributed by atoms with Crippen molar-refractivity contribution >= 4 is 16.9 Å². The molecule has 1 fully saturated rings. The number of hydrogen-bond donors (Lipinski definition) is 0. The van der Waals surface area contributed by atoms with Gasteiger partial charge in [0.25, 0.3) is 0 Å². The van der Waals surface area contributed by atoms with E-state index >= 15 is 0 Å². The van der Waals surface area contributed by atoms with Gasteiger partial charge in [0.15, 0.2) is 0 Å². The van der Waals surface area contributed by atoms with Gasteiger partial charge in [-0.3, -0.25) is 4.21 Å². The largest absolute Gasteiger partial charge is 0.444 e. The predicted molar refractivity (Wildman–Crippen MR) is 83.8 cm³/mol. The Morgan fingerprint density at radius 3 is 2.73 bits per heavy atom. The fraction of sp³-hybridized carbons (Fsp3) is 0.667. The summed E-state index contributed by atoms with van der Waals surface area (Å²) in [7, 11) is -1.23. The van der Waals surface area contributed by atoms with Gasteiger partial charge in [0.1, 0.15) is 5.60 Å². The maximum absolute atomic E-state index is 12.3. The van der Waals surface area contributed by atoms with Crippen molar-refractivity contribution in [2.75, 3.05) is 18.8 Å². The van der Waals surface area contributed by atoms with Crippen molar-refractivity contribution in [1.82, 2.24) is 14.9 Å². The highest BCUT2D eigenvalue weighted by Gasteiger charge is 2.28. The number of likely N-dealkylation sites (tertiary alicyclic amines) is 1. The maximum atomic E-state index is 12.3. The zero-order chi connectivity index (χ0) is 16.2. The van der Waals surface area contributed by atoms with Crippen molar-refractivity contribution in [3.63, 3.8) is 0 Å². The van der Waals surface area contributed by atoms with E-state index in [2.05, 4.69) is 9.97 Å². The number of amides is 1. The first kappa shape index (κ1) is 16.9. The molecular weight excluding hydrogens is 302 g/mol. The minimum absolute atomic E-state index is 0.186. The fourth-order valence-electron chi connectivity index (χ4n) is 2.39. The highest BCUT2D eigenvalue weighted by Crippen LogP contribution is 2.21. The quantitative estimate of drug-likeness (QED) is 0.797. The monoisotopic (exact) mass is 325 g/mol. The van der Waals surface area contributed by atoms with Gasteiger partial charge in [0, 0.05) is 31.2 Å². The molecule has 2 heterocycles. The Kier molecular flexibility index (Phi) is 5.50. The van der Waals surface area contributed by atoms with E-state index in [0.29, 0.717) is 24.0 Å². The van der Waals surface area contributed by atoms with Crippen molar-refractivity contribution in [1.29, 1.82) is 0 Å². The molecular formula is C15H23N3O3S. The SMILES string of the molecule is CC(C)(C)OC(=O)N1CCC[C@@H](C[S@](=O)c2ncccn2)C1. The van der Waals surface area contributed by atoms with E-state index in [-0.39, 0.29) is 12.0 Å². The Hall–Kier alpha value is -1.50. The summed E-state index contributed by atoms with van der Waals surface area (Å²) in [6.07, 6.45) is 4.75. The zero-order valence-corrected chi connectivity index (χ0v) is 14.1. The molecule has 1 aromatic rings. The molecule has 1 saturated heterocycles. The third kappa shape index (κ3) is 5.05. The first-order chi connectivity index (χ1) is 10.3. The molecule has 1 aromatic heterocycles. The number of carbonyl (C=O) groups is 1. The molecule has 1 aliphatic heterocycles. The highest BCUT2D eigenvalue weighted by atomic mass is 32.2. The Morgan fingerprint density at radius 2 is 2.09 bits per heavy atom. The van der Waals surface area contributed by atoms with Crippen LogP contribution in [0.1, 0.15) is 33.6 Å². The standard InChI is InChI=1S/C15H23N3O3S/c1-15(2,3)21-14(19)18-9-4-6-12(10-18)11-22(20)13-16-7-5-8-17-13/h5,7-8,12H,4,6,9-11H2,1-3H3/t12-,22+/m1/s1. The van der Waals surface area contributed by atoms with E-state index in [1.54, 1.807) is 23.4 Å². The molecule has 0 N–H and O–H groups in total. The summed E-state index contributed by atoms with van der Waals surface area (Å²) in [4.78, 5) is 21.9. The van der Waals surface area contributed by atoms with Gasteiger partial charge in [0.05, 0.1) is 10.8 Å². The van der Waals surface area contributed by atoms with E-state index in [4.69, 9.17) is 4.74 Å². The number of hydrogen-bond acceptors (Lipinski definition) is 5. The summed E-state index contributed by atoms with van der Waals surface area (Å²) in [5.74, 6) is 0.662. The Balaban J connectivity index is 1.91. The summed E-state index contributed by atoms with van der Waals surface area (Å²) in [6, 6.07) is 1.70. The normalized spacial score (nSPS) is 20.5. The third-order valence-electron chi connectivity index (χ3n) is 3.30. The second-order valence-electron chi connectivity index (χ2n) is 6.48. The van der Waals surface area contributed by atoms with Gasteiger partial charge in [0.2, 0.25) is 5.16 Å². The van der Waals surface area contributed by atoms with Crippen LogP contribution in [0.2, 0.25) is 0 Å². The first-order valence-corrected chi connectivity index (χ1v) is 8.80. The number of piperidine rings is 1. The highest BCUT2D eigenvalue weighted by molar-refractivity contribution is 7.84. The van der Waals surface area contributed by atoms with Gasteiger partial charge in [-0.1, -0.05) is 0 Å². The smallest absolute Gasteiger partial charge is 0.410 e. The van der Waals surface area contributed by atoms with Crippen molar-refractivity contribution in [2.24, 2.45) is 5.92 Å².